The van der Waals surface area contributed by atoms with Gasteiger partial charge in [-0.25, -0.2) is 8.42 Å². The van der Waals surface area contributed by atoms with Crippen molar-refractivity contribution < 1.29 is 17.9 Å². The van der Waals surface area contributed by atoms with E-state index in [0.717, 1.165) is 51.0 Å². The first-order valence-electron chi connectivity index (χ1n) is 13.4. The number of hydrogen-bond donors (Lipinski definition) is 1. The Hall–Kier alpha value is -2.80. The lowest BCUT2D eigenvalue weighted by atomic mass is 10.2. The van der Waals surface area contributed by atoms with Crippen LogP contribution in [-0.4, -0.2) is 105 Å². The predicted molar refractivity (Wildman–Crippen MR) is 146 cm³/mol. The number of aromatic nitrogens is 2. The van der Waals surface area contributed by atoms with Gasteiger partial charge in [-0.2, -0.15) is 4.31 Å². The van der Waals surface area contributed by atoms with E-state index in [-0.39, 0.29) is 10.8 Å². The van der Waals surface area contributed by atoms with E-state index >= 15 is 0 Å². The van der Waals surface area contributed by atoms with Crippen molar-refractivity contribution in [2.75, 3.05) is 80.6 Å². The van der Waals surface area contributed by atoms with Crippen LogP contribution in [0.1, 0.15) is 25.3 Å². The average molecular weight is 544 g/mol. The Balaban J connectivity index is 1.14. The molecule has 3 aliphatic rings. The van der Waals surface area contributed by atoms with Gasteiger partial charge >= 0.3 is 0 Å². The number of carbonyl (C=O) groups is 1. The third kappa shape index (κ3) is 6.09. The zero-order chi connectivity index (χ0) is 26.7. The maximum Gasteiger partial charge on any atom is 0.243 e. The van der Waals surface area contributed by atoms with Gasteiger partial charge in [-0.3, -0.25) is 9.69 Å². The summed E-state index contributed by atoms with van der Waals surface area (Å²) in [6, 6.07) is 8.87. The summed E-state index contributed by atoms with van der Waals surface area (Å²) in [5.74, 6) is 1.45. The fourth-order valence-electron chi connectivity index (χ4n) is 5.41. The first-order valence-corrected chi connectivity index (χ1v) is 14.8. The van der Waals surface area contributed by atoms with Crippen LogP contribution in [0.5, 0.6) is 0 Å². The number of hydrogen-bond acceptors (Lipinski definition) is 9. The predicted octanol–water partition coefficient (Wildman–Crippen LogP) is 1.56. The summed E-state index contributed by atoms with van der Waals surface area (Å²) in [5.41, 5.74) is 1.19. The first kappa shape index (κ1) is 26.8. The molecule has 12 heteroatoms. The molecule has 0 radical (unpaired) electrons. The molecule has 1 N–H and O–H groups in total. The SMILES string of the molecule is CC(=O)Nc1ccc(S(=O)(=O)N2CCN(c3ccc(N4CCN(CC5CCCO5)CC4)nn3)CC2)c(C)c1. The molecule has 4 heterocycles. The Kier molecular flexibility index (Phi) is 8.12. The molecule has 1 amide bonds. The van der Waals surface area contributed by atoms with Gasteiger partial charge in [0.1, 0.15) is 0 Å². The number of nitrogens with zero attached hydrogens (tertiary/aromatic N) is 6. The lowest BCUT2D eigenvalue weighted by Gasteiger charge is -2.36. The van der Waals surface area contributed by atoms with Crippen molar-refractivity contribution in [3.05, 3.63) is 35.9 Å². The molecule has 3 aliphatic heterocycles. The minimum Gasteiger partial charge on any atom is -0.377 e. The Morgan fingerprint density at radius 1 is 0.974 bits per heavy atom. The summed E-state index contributed by atoms with van der Waals surface area (Å²) < 4.78 is 33.9. The van der Waals surface area contributed by atoms with Crippen molar-refractivity contribution in [2.24, 2.45) is 0 Å². The number of amides is 1. The highest BCUT2D eigenvalue weighted by Crippen LogP contribution is 2.25. The molecule has 206 valence electrons. The molecule has 0 aliphatic carbocycles. The summed E-state index contributed by atoms with van der Waals surface area (Å²) in [4.78, 5) is 18.4. The molecule has 5 rings (SSSR count). The maximum atomic E-state index is 13.3. The monoisotopic (exact) mass is 543 g/mol. The molecule has 1 atom stereocenters. The number of ether oxygens (including phenoxy) is 1. The highest BCUT2D eigenvalue weighted by atomic mass is 32.2. The molecule has 0 spiro atoms. The van der Waals surface area contributed by atoms with Crippen LogP contribution >= 0.6 is 0 Å². The zero-order valence-corrected chi connectivity index (χ0v) is 23.0. The summed E-state index contributed by atoms with van der Waals surface area (Å²) in [5, 5.41) is 11.7. The maximum absolute atomic E-state index is 13.3. The molecule has 11 nitrogen and oxygen atoms in total. The largest absolute Gasteiger partial charge is 0.377 e. The second-order valence-electron chi connectivity index (χ2n) is 10.2. The number of anilines is 3. The van der Waals surface area contributed by atoms with Crippen molar-refractivity contribution in [3.63, 3.8) is 0 Å². The topological polar surface area (TPSA) is 111 Å². The Morgan fingerprint density at radius 2 is 1.61 bits per heavy atom. The van der Waals surface area contributed by atoms with E-state index in [4.69, 9.17) is 4.74 Å². The summed E-state index contributed by atoms with van der Waals surface area (Å²) >= 11 is 0. The number of benzene rings is 1. The molecule has 0 saturated carbocycles. The molecule has 38 heavy (non-hydrogen) atoms. The van der Waals surface area contributed by atoms with Gasteiger partial charge in [-0.1, -0.05) is 0 Å². The number of sulfonamides is 1. The van der Waals surface area contributed by atoms with E-state index < -0.39 is 10.0 Å². The van der Waals surface area contributed by atoms with Gasteiger partial charge in [-0.05, 0) is 55.7 Å². The summed E-state index contributed by atoms with van der Waals surface area (Å²) in [6.45, 7) is 10.7. The third-order valence-corrected chi connectivity index (χ3v) is 9.55. The molecular weight excluding hydrogens is 506 g/mol. The van der Waals surface area contributed by atoms with Crippen LogP contribution in [0.4, 0.5) is 17.3 Å². The van der Waals surface area contributed by atoms with Gasteiger partial charge in [0.05, 0.1) is 11.0 Å². The van der Waals surface area contributed by atoms with Crippen LogP contribution in [0.25, 0.3) is 0 Å². The molecular formula is C26H37N7O4S. The molecule has 2 aromatic rings. The van der Waals surface area contributed by atoms with Crippen LogP contribution in [-0.2, 0) is 19.6 Å². The minimum atomic E-state index is -3.64. The highest BCUT2D eigenvalue weighted by molar-refractivity contribution is 7.89. The standard InChI is InChI=1S/C26H37N7O4S/c1-20-18-22(27-21(2)34)5-6-24(20)38(35,36)33-15-13-32(14-16-33)26-8-7-25(28-29-26)31-11-9-30(10-12-31)19-23-4-3-17-37-23/h5-8,18,23H,3-4,9-17,19H2,1-2H3,(H,27,34). The number of nitrogens with one attached hydrogen (secondary N) is 1. The zero-order valence-electron chi connectivity index (χ0n) is 22.2. The van der Waals surface area contributed by atoms with Gasteiger partial charge in [-0.15, -0.1) is 10.2 Å². The quantitative estimate of drug-likeness (QED) is 0.556. The van der Waals surface area contributed by atoms with Gasteiger partial charge < -0.3 is 19.9 Å². The molecule has 3 fully saturated rings. The number of carbonyl (C=O) groups excluding carboxylic acids is 1. The first-order chi connectivity index (χ1) is 18.3. The van der Waals surface area contributed by atoms with Crippen LogP contribution in [0.15, 0.2) is 35.2 Å². The smallest absolute Gasteiger partial charge is 0.243 e. The fraction of sp³-hybridized carbons (Fsp3) is 0.577. The van der Waals surface area contributed by atoms with E-state index in [9.17, 15) is 13.2 Å². The van der Waals surface area contributed by atoms with Gasteiger partial charge in [0, 0.05) is 78.1 Å². The number of rotatable bonds is 7. The van der Waals surface area contributed by atoms with Crippen LogP contribution in [0.3, 0.4) is 0 Å². The lowest BCUT2D eigenvalue weighted by Crippen LogP contribution is -2.49. The van der Waals surface area contributed by atoms with E-state index in [1.54, 1.807) is 25.1 Å². The summed E-state index contributed by atoms with van der Waals surface area (Å²) in [7, 11) is -3.64. The van der Waals surface area contributed by atoms with E-state index in [0.29, 0.717) is 43.5 Å². The molecule has 1 aromatic carbocycles. The molecule has 1 unspecified atom stereocenters. The highest BCUT2D eigenvalue weighted by Gasteiger charge is 2.30. The number of piperazine rings is 2. The lowest BCUT2D eigenvalue weighted by molar-refractivity contribution is -0.114. The molecule has 1 aromatic heterocycles. The average Bonchev–Trinajstić information content (AvgIpc) is 3.42. The van der Waals surface area contributed by atoms with Crippen LogP contribution in [0.2, 0.25) is 0 Å². The Labute approximate surface area is 224 Å². The van der Waals surface area contributed by atoms with E-state index in [1.807, 2.05) is 12.1 Å². The Morgan fingerprint density at radius 3 is 2.13 bits per heavy atom. The normalized spacial score (nSPS) is 21.6. The fourth-order valence-corrected chi connectivity index (χ4v) is 7.04. The van der Waals surface area contributed by atoms with E-state index in [2.05, 4.69) is 30.2 Å². The van der Waals surface area contributed by atoms with Gasteiger partial charge in [0.15, 0.2) is 11.6 Å². The van der Waals surface area contributed by atoms with Crippen molar-refractivity contribution in [1.82, 2.24) is 19.4 Å². The van der Waals surface area contributed by atoms with Gasteiger partial charge in [0.2, 0.25) is 15.9 Å². The summed E-state index contributed by atoms with van der Waals surface area (Å²) in [6.07, 6.45) is 2.72. The van der Waals surface area contributed by atoms with Gasteiger partial charge in [0.25, 0.3) is 0 Å². The van der Waals surface area contributed by atoms with Crippen molar-refractivity contribution in [3.8, 4) is 0 Å². The van der Waals surface area contributed by atoms with Crippen molar-refractivity contribution in [1.29, 1.82) is 0 Å². The second kappa shape index (κ2) is 11.5. The van der Waals surface area contributed by atoms with Crippen molar-refractivity contribution >= 4 is 33.3 Å². The Bertz CT molecular complexity index is 1220. The second-order valence-corrected chi connectivity index (χ2v) is 12.1. The van der Waals surface area contributed by atoms with E-state index in [1.165, 1.54) is 24.1 Å². The van der Waals surface area contributed by atoms with Crippen molar-refractivity contribution in [2.45, 2.75) is 37.7 Å². The minimum absolute atomic E-state index is 0.195. The third-order valence-electron chi connectivity index (χ3n) is 7.49. The van der Waals surface area contributed by atoms with Crippen LogP contribution < -0.4 is 15.1 Å². The molecule has 0 bridgehead atoms. The number of aryl methyl sites for hydroxylation is 1. The molecule has 3 saturated heterocycles. The van der Waals surface area contributed by atoms with Crippen LogP contribution in [0, 0.1) is 6.92 Å².